The molecule has 0 bridgehead atoms. The minimum absolute atomic E-state index is 0.0494. The van der Waals surface area contributed by atoms with Crippen molar-refractivity contribution in [2.45, 2.75) is 77.7 Å². The second-order valence-electron chi connectivity index (χ2n) is 10.1. The van der Waals surface area contributed by atoms with E-state index in [1.165, 1.54) is 0 Å². The molecule has 0 radical (unpaired) electrons. The van der Waals surface area contributed by atoms with E-state index in [1.54, 1.807) is 0 Å². The van der Waals surface area contributed by atoms with E-state index in [2.05, 4.69) is 34.7 Å². The normalized spacial score (nSPS) is 26.5. The van der Waals surface area contributed by atoms with Gasteiger partial charge in [0.25, 0.3) is 0 Å². The Morgan fingerprint density at radius 2 is 1.85 bits per heavy atom. The largest absolute Gasteiger partial charge is 0.329 e. The van der Waals surface area contributed by atoms with Crippen LogP contribution in [0.25, 0.3) is 22.3 Å². The van der Waals surface area contributed by atoms with E-state index >= 15 is 0 Å². The average Bonchev–Trinajstić information content (AvgIpc) is 3.49. The van der Waals surface area contributed by atoms with Crippen molar-refractivity contribution in [1.29, 1.82) is 0 Å². The second-order valence-corrected chi connectivity index (χ2v) is 10.1. The van der Waals surface area contributed by atoms with E-state index in [4.69, 9.17) is 4.98 Å². The third kappa shape index (κ3) is 3.74. The summed E-state index contributed by atoms with van der Waals surface area (Å²) in [4.78, 5) is 20.2. The van der Waals surface area contributed by atoms with Crippen molar-refractivity contribution in [3.05, 3.63) is 40.7 Å². The van der Waals surface area contributed by atoms with Crippen molar-refractivity contribution in [1.82, 2.24) is 23.6 Å². The van der Waals surface area contributed by atoms with Gasteiger partial charge in [0, 0.05) is 37.2 Å². The predicted molar refractivity (Wildman–Crippen MR) is 131 cm³/mol. The Bertz CT molecular complexity index is 1210. The summed E-state index contributed by atoms with van der Waals surface area (Å²) in [5.41, 5.74) is 5.37. The first-order valence-electron chi connectivity index (χ1n) is 12.6. The molecule has 2 aliphatic rings. The average molecular weight is 454 g/mol. The molecule has 1 aromatic carbocycles. The van der Waals surface area contributed by atoms with E-state index in [0.29, 0.717) is 25.6 Å². The molecular formula is C26H36FN5O. The van der Waals surface area contributed by atoms with Crippen LogP contribution in [-0.4, -0.2) is 49.9 Å². The van der Waals surface area contributed by atoms with Crippen LogP contribution in [0.4, 0.5) is 4.39 Å². The molecule has 0 spiro atoms. The zero-order valence-corrected chi connectivity index (χ0v) is 20.3. The number of imidazole rings is 2. The summed E-state index contributed by atoms with van der Waals surface area (Å²) >= 11 is 0. The summed E-state index contributed by atoms with van der Waals surface area (Å²) in [6.45, 7) is 9.45. The molecule has 4 atom stereocenters. The first-order valence-corrected chi connectivity index (χ1v) is 12.6. The zero-order valence-electron chi connectivity index (χ0n) is 20.3. The highest BCUT2D eigenvalue weighted by Gasteiger charge is 2.33. The zero-order chi connectivity index (χ0) is 23.3. The van der Waals surface area contributed by atoms with Crippen LogP contribution >= 0.6 is 0 Å². The first-order chi connectivity index (χ1) is 15.9. The molecule has 1 saturated heterocycles. The van der Waals surface area contributed by atoms with Gasteiger partial charge in [-0.05, 0) is 71.2 Å². The molecule has 3 aromatic rings. The summed E-state index contributed by atoms with van der Waals surface area (Å²) < 4.78 is 20.3. The van der Waals surface area contributed by atoms with E-state index in [-0.39, 0.29) is 17.5 Å². The van der Waals surface area contributed by atoms with E-state index in [0.717, 1.165) is 60.3 Å². The first kappa shape index (κ1) is 22.4. The van der Waals surface area contributed by atoms with Crippen molar-refractivity contribution in [3.8, 4) is 11.3 Å². The SMILES string of the molecule is CCn1c(=O)n(CC)c2cc(-c3c([C@H]4CCC(F)C(C)C4)ncn3C3CCN(C)C3)ccc21. The van der Waals surface area contributed by atoms with Gasteiger partial charge < -0.3 is 9.47 Å². The molecule has 0 amide bonds. The molecule has 33 heavy (non-hydrogen) atoms. The van der Waals surface area contributed by atoms with Crippen LogP contribution in [0.3, 0.4) is 0 Å². The molecule has 5 rings (SSSR count). The minimum atomic E-state index is -0.709. The van der Waals surface area contributed by atoms with Gasteiger partial charge in [-0.1, -0.05) is 13.0 Å². The molecule has 178 valence electrons. The molecule has 3 unspecified atom stereocenters. The highest BCUT2D eigenvalue weighted by molar-refractivity contribution is 5.82. The smallest absolute Gasteiger partial charge is 0.326 e. The third-order valence-corrected chi connectivity index (χ3v) is 7.96. The van der Waals surface area contributed by atoms with Gasteiger partial charge in [0.2, 0.25) is 0 Å². The number of aryl methyl sites for hydroxylation is 2. The van der Waals surface area contributed by atoms with Gasteiger partial charge in [0.05, 0.1) is 28.7 Å². The fourth-order valence-electron chi connectivity index (χ4n) is 6.07. The maximum atomic E-state index is 14.2. The van der Waals surface area contributed by atoms with Crippen LogP contribution in [0, 0.1) is 5.92 Å². The number of aromatic nitrogens is 4. The van der Waals surface area contributed by atoms with Gasteiger partial charge in [0.15, 0.2) is 0 Å². The highest BCUT2D eigenvalue weighted by atomic mass is 19.1. The number of rotatable bonds is 5. The number of benzene rings is 1. The van der Waals surface area contributed by atoms with Crippen molar-refractivity contribution in [2.75, 3.05) is 20.1 Å². The lowest BCUT2D eigenvalue weighted by atomic mass is 9.78. The summed E-state index contributed by atoms with van der Waals surface area (Å²) in [5.74, 6) is 0.331. The number of likely N-dealkylation sites (tertiary alicyclic amines) is 1. The molecule has 0 N–H and O–H groups in total. The van der Waals surface area contributed by atoms with Crippen molar-refractivity contribution in [3.63, 3.8) is 0 Å². The number of fused-ring (bicyclic) bond motifs is 1. The van der Waals surface area contributed by atoms with Crippen LogP contribution in [0.15, 0.2) is 29.3 Å². The van der Waals surface area contributed by atoms with Crippen LogP contribution < -0.4 is 5.69 Å². The maximum Gasteiger partial charge on any atom is 0.329 e. The van der Waals surface area contributed by atoms with Gasteiger partial charge in [-0.15, -0.1) is 0 Å². The molecule has 6 nitrogen and oxygen atoms in total. The minimum Gasteiger partial charge on any atom is -0.326 e. The lowest BCUT2D eigenvalue weighted by Crippen LogP contribution is -2.23. The molecule has 7 heteroatoms. The van der Waals surface area contributed by atoms with Crippen LogP contribution in [0.2, 0.25) is 0 Å². The Kier molecular flexibility index (Phi) is 5.93. The van der Waals surface area contributed by atoms with Gasteiger partial charge in [-0.25, -0.2) is 14.2 Å². The fraction of sp³-hybridized carbons (Fsp3) is 0.615. The van der Waals surface area contributed by atoms with Gasteiger partial charge in [0.1, 0.15) is 6.17 Å². The van der Waals surface area contributed by atoms with Crippen molar-refractivity contribution < 1.29 is 4.39 Å². The molecular weight excluding hydrogens is 417 g/mol. The highest BCUT2D eigenvalue weighted by Crippen LogP contribution is 2.42. The number of likely N-dealkylation sites (N-methyl/N-ethyl adjacent to an activating group) is 1. The van der Waals surface area contributed by atoms with Gasteiger partial charge in [-0.2, -0.15) is 0 Å². The third-order valence-electron chi connectivity index (χ3n) is 7.96. The van der Waals surface area contributed by atoms with Crippen molar-refractivity contribution in [2.24, 2.45) is 5.92 Å². The summed E-state index contributed by atoms with van der Waals surface area (Å²) in [7, 11) is 2.17. The van der Waals surface area contributed by atoms with Crippen LogP contribution in [0.1, 0.15) is 64.1 Å². The predicted octanol–water partition coefficient (Wildman–Crippen LogP) is 4.82. The van der Waals surface area contributed by atoms with Crippen LogP contribution in [0.5, 0.6) is 0 Å². The number of hydrogen-bond donors (Lipinski definition) is 0. The number of nitrogens with zero attached hydrogens (tertiary/aromatic N) is 5. The summed E-state index contributed by atoms with van der Waals surface area (Å²) in [6.07, 6.45) is 4.69. The standard InChI is InChI=1S/C26H36FN5O/c1-5-30-22-10-8-19(14-23(22)31(6-2)26(30)33)25-24(18-7-9-21(27)17(3)13-18)28-16-32(25)20-11-12-29(4)15-20/h8,10,14,16-18,20-21H,5-7,9,11-13,15H2,1-4H3/t17?,18-,20?,21?/m0/s1. The molecule has 1 saturated carbocycles. The fourth-order valence-corrected chi connectivity index (χ4v) is 6.07. The molecule has 2 fully saturated rings. The molecule has 1 aliphatic carbocycles. The Morgan fingerprint density at radius 1 is 1.09 bits per heavy atom. The van der Waals surface area contributed by atoms with E-state index in [9.17, 15) is 9.18 Å². The van der Waals surface area contributed by atoms with Gasteiger partial charge in [-0.3, -0.25) is 9.13 Å². The Hall–Kier alpha value is -2.41. The number of alkyl halides is 1. The Labute approximate surface area is 195 Å². The molecule has 3 heterocycles. The van der Waals surface area contributed by atoms with Crippen molar-refractivity contribution >= 4 is 11.0 Å². The summed E-state index contributed by atoms with van der Waals surface area (Å²) in [5, 5.41) is 0. The molecule has 2 aromatic heterocycles. The van der Waals surface area contributed by atoms with E-state index in [1.807, 2.05) is 36.2 Å². The van der Waals surface area contributed by atoms with Crippen LogP contribution in [-0.2, 0) is 13.1 Å². The lowest BCUT2D eigenvalue weighted by molar-refractivity contribution is 0.164. The topological polar surface area (TPSA) is 48.0 Å². The second kappa shape index (κ2) is 8.75. The number of hydrogen-bond acceptors (Lipinski definition) is 3. The number of halogens is 1. The maximum absolute atomic E-state index is 14.2. The quantitative estimate of drug-likeness (QED) is 0.556. The Balaban J connectivity index is 1.66. The summed E-state index contributed by atoms with van der Waals surface area (Å²) in [6, 6.07) is 6.79. The lowest BCUT2D eigenvalue weighted by Gasteiger charge is -2.30. The van der Waals surface area contributed by atoms with E-state index < -0.39 is 6.17 Å². The Morgan fingerprint density at radius 3 is 2.52 bits per heavy atom. The monoisotopic (exact) mass is 453 g/mol. The molecule has 1 aliphatic heterocycles. The van der Waals surface area contributed by atoms with Gasteiger partial charge >= 0.3 is 5.69 Å².